The van der Waals surface area contributed by atoms with Gasteiger partial charge in [0.2, 0.25) is 5.91 Å². The smallest absolute Gasteiger partial charge is 0.230 e. The van der Waals surface area contributed by atoms with E-state index in [1.165, 1.54) is 0 Å². The minimum absolute atomic E-state index is 0.0626. The number of aryl methyl sites for hydroxylation is 2. The number of carbonyl (C=O) groups excluding carboxylic acids is 1. The number of amides is 1. The van der Waals surface area contributed by atoms with Gasteiger partial charge in [0, 0.05) is 25.0 Å². The molecular formula is C13H18BrN5O. The molecule has 0 aliphatic carbocycles. The van der Waals surface area contributed by atoms with Gasteiger partial charge in [0.15, 0.2) is 5.82 Å². The standard InChI is InChI=1S/C13H18BrN5O/c1-8(7-19-10(3)12(14)9(2)16-19)13(20)15-11-5-6-18(4)17-11/h5-6,8H,7H2,1-4H3,(H,15,17,20)/t8-/m1/s1. The van der Waals surface area contributed by atoms with Crippen LogP contribution < -0.4 is 5.32 Å². The molecule has 1 atom stereocenters. The first-order chi connectivity index (χ1) is 9.38. The molecule has 0 aromatic carbocycles. The van der Waals surface area contributed by atoms with Gasteiger partial charge in [-0.15, -0.1) is 0 Å². The Labute approximate surface area is 126 Å². The maximum Gasteiger partial charge on any atom is 0.230 e. The molecule has 20 heavy (non-hydrogen) atoms. The average Bonchev–Trinajstić information content (AvgIpc) is 2.89. The molecule has 0 radical (unpaired) electrons. The molecule has 0 spiro atoms. The molecule has 0 bridgehead atoms. The number of anilines is 1. The molecule has 1 amide bonds. The fraction of sp³-hybridized carbons (Fsp3) is 0.462. The van der Waals surface area contributed by atoms with E-state index in [0.29, 0.717) is 12.4 Å². The Bertz CT molecular complexity index is 631. The van der Waals surface area contributed by atoms with E-state index in [4.69, 9.17) is 0 Å². The Morgan fingerprint density at radius 3 is 2.65 bits per heavy atom. The highest BCUT2D eigenvalue weighted by molar-refractivity contribution is 9.10. The van der Waals surface area contributed by atoms with Crippen molar-refractivity contribution >= 4 is 27.7 Å². The molecule has 0 saturated carbocycles. The van der Waals surface area contributed by atoms with Crippen molar-refractivity contribution in [2.24, 2.45) is 13.0 Å². The van der Waals surface area contributed by atoms with Crippen molar-refractivity contribution in [1.29, 1.82) is 0 Å². The van der Waals surface area contributed by atoms with Gasteiger partial charge in [-0.25, -0.2) is 0 Å². The highest BCUT2D eigenvalue weighted by atomic mass is 79.9. The topological polar surface area (TPSA) is 64.7 Å². The third kappa shape index (κ3) is 3.09. The predicted molar refractivity (Wildman–Crippen MR) is 80.4 cm³/mol. The summed E-state index contributed by atoms with van der Waals surface area (Å²) >= 11 is 3.49. The van der Waals surface area contributed by atoms with Crippen molar-refractivity contribution in [3.63, 3.8) is 0 Å². The van der Waals surface area contributed by atoms with Crippen molar-refractivity contribution in [1.82, 2.24) is 19.6 Å². The van der Waals surface area contributed by atoms with Gasteiger partial charge in [-0.2, -0.15) is 10.2 Å². The number of hydrogen-bond acceptors (Lipinski definition) is 3. The van der Waals surface area contributed by atoms with Gasteiger partial charge in [-0.3, -0.25) is 14.2 Å². The number of nitrogens with zero attached hydrogens (tertiary/aromatic N) is 4. The lowest BCUT2D eigenvalue weighted by Crippen LogP contribution is -2.25. The molecule has 2 aromatic rings. The van der Waals surface area contributed by atoms with Gasteiger partial charge in [-0.1, -0.05) is 6.92 Å². The van der Waals surface area contributed by atoms with Crippen LogP contribution in [0.2, 0.25) is 0 Å². The van der Waals surface area contributed by atoms with Gasteiger partial charge >= 0.3 is 0 Å². The summed E-state index contributed by atoms with van der Waals surface area (Å²) in [7, 11) is 1.81. The van der Waals surface area contributed by atoms with Crippen LogP contribution >= 0.6 is 15.9 Å². The van der Waals surface area contributed by atoms with Crippen LogP contribution in [-0.4, -0.2) is 25.5 Å². The van der Waals surface area contributed by atoms with Crippen molar-refractivity contribution < 1.29 is 4.79 Å². The molecular weight excluding hydrogens is 322 g/mol. The summed E-state index contributed by atoms with van der Waals surface area (Å²) in [5.41, 5.74) is 1.96. The largest absolute Gasteiger partial charge is 0.309 e. The van der Waals surface area contributed by atoms with Crippen LogP contribution in [0.3, 0.4) is 0 Å². The summed E-state index contributed by atoms with van der Waals surface area (Å²) in [6.45, 7) is 6.33. The second-order valence-electron chi connectivity index (χ2n) is 4.93. The number of nitrogens with one attached hydrogen (secondary N) is 1. The van der Waals surface area contributed by atoms with Gasteiger partial charge in [0.1, 0.15) is 0 Å². The molecule has 0 aliphatic rings. The van der Waals surface area contributed by atoms with E-state index in [1.807, 2.05) is 32.5 Å². The van der Waals surface area contributed by atoms with E-state index in [-0.39, 0.29) is 11.8 Å². The molecule has 0 unspecified atom stereocenters. The van der Waals surface area contributed by atoms with Crippen LogP contribution in [-0.2, 0) is 18.4 Å². The van der Waals surface area contributed by atoms with Gasteiger partial charge in [0.25, 0.3) is 0 Å². The molecule has 7 heteroatoms. The predicted octanol–water partition coefficient (Wildman–Crippen LogP) is 2.27. The monoisotopic (exact) mass is 339 g/mol. The van der Waals surface area contributed by atoms with Crippen molar-refractivity contribution in [3.8, 4) is 0 Å². The van der Waals surface area contributed by atoms with Gasteiger partial charge in [-0.05, 0) is 29.8 Å². The average molecular weight is 340 g/mol. The van der Waals surface area contributed by atoms with E-state index in [9.17, 15) is 4.79 Å². The summed E-state index contributed by atoms with van der Waals surface area (Å²) in [5.74, 6) is 0.313. The van der Waals surface area contributed by atoms with Crippen molar-refractivity contribution in [2.75, 3.05) is 5.32 Å². The molecule has 0 saturated heterocycles. The molecule has 2 heterocycles. The van der Waals surface area contributed by atoms with E-state index in [1.54, 1.807) is 16.9 Å². The quantitative estimate of drug-likeness (QED) is 0.929. The summed E-state index contributed by atoms with van der Waals surface area (Å²) < 4.78 is 4.50. The lowest BCUT2D eigenvalue weighted by Gasteiger charge is -2.12. The molecule has 6 nitrogen and oxygen atoms in total. The fourth-order valence-electron chi connectivity index (χ4n) is 1.93. The fourth-order valence-corrected chi connectivity index (χ4v) is 2.21. The zero-order valence-electron chi connectivity index (χ0n) is 12.0. The van der Waals surface area contributed by atoms with Crippen LogP contribution in [0.4, 0.5) is 5.82 Å². The first kappa shape index (κ1) is 14.8. The Morgan fingerprint density at radius 1 is 1.45 bits per heavy atom. The van der Waals surface area contributed by atoms with Crippen molar-refractivity contribution in [2.45, 2.75) is 27.3 Å². The van der Waals surface area contributed by atoms with Crippen LogP contribution in [0.1, 0.15) is 18.3 Å². The van der Waals surface area contributed by atoms with E-state index in [2.05, 4.69) is 31.4 Å². The molecule has 0 fully saturated rings. The minimum Gasteiger partial charge on any atom is -0.309 e. The summed E-state index contributed by atoms with van der Waals surface area (Å²) in [6.07, 6.45) is 1.79. The Morgan fingerprint density at radius 2 is 2.15 bits per heavy atom. The van der Waals surface area contributed by atoms with Crippen LogP contribution in [0, 0.1) is 19.8 Å². The molecule has 108 valence electrons. The number of hydrogen-bond donors (Lipinski definition) is 1. The number of halogens is 1. The SMILES string of the molecule is Cc1nn(C[C@@H](C)C(=O)Nc2ccn(C)n2)c(C)c1Br. The molecule has 0 aliphatic heterocycles. The third-order valence-corrected chi connectivity index (χ3v) is 4.30. The van der Waals surface area contributed by atoms with E-state index < -0.39 is 0 Å². The van der Waals surface area contributed by atoms with Gasteiger partial charge in [0.05, 0.1) is 22.6 Å². The summed E-state index contributed by atoms with van der Waals surface area (Å²) in [4.78, 5) is 12.1. The first-order valence-corrected chi connectivity index (χ1v) is 7.17. The minimum atomic E-state index is -0.193. The van der Waals surface area contributed by atoms with E-state index >= 15 is 0 Å². The van der Waals surface area contributed by atoms with Crippen LogP contribution in [0.5, 0.6) is 0 Å². The lowest BCUT2D eigenvalue weighted by molar-refractivity contribution is -0.119. The maximum absolute atomic E-state index is 12.1. The summed E-state index contributed by atoms with van der Waals surface area (Å²) in [6, 6.07) is 1.77. The van der Waals surface area contributed by atoms with Crippen LogP contribution in [0.15, 0.2) is 16.7 Å². The van der Waals surface area contributed by atoms with Crippen molar-refractivity contribution in [3.05, 3.63) is 28.1 Å². The molecule has 1 N–H and O–H groups in total. The Balaban J connectivity index is 2.02. The van der Waals surface area contributed by atoms with E-state index in [0.717, 1.165) is 15.9 Å². The highest BCUT2D eigenvalue weighted by Crippen LogP contribution is 2.20. The molecule has 2 aromatic heterocycles. The number of rotatable bonds is 4. The zero-order chi connectivity index (χ0) is 14.9. The number of aromatic nitrogens is 4. The molecule has 2 rings (SSSR count). The highest BCUT2D eigenvalue weighted by Gasteiger charge is 2.17. The second kappa shape index (κ2) is 5.78. The third-order valence-electron chi connectivity index (χ3n) is 3.15. The second-order valence-corrected chi connectivity index (χ2v) is 5.72. The maximum atomic E-state index is 12.1. The van der Waals surface area contributed by atoms with Crippen LogP contribution in [0.25, 0.3) is 0 Å². The Hall–Kier alpha value is -1.63. The summed E-state index contributed by atoms with van der Waals surface area (Å²) in [5, 5.41) is 11.3. The normalized spacial score (nSPS) is 12.4. The first-order valence-electron chi connectivity index (χ1n) is 6.38. The zero-order valence-corrected chi connectivity index (χ0v) is 13.6. The Kier molecular flexibility index (Phi) is 4.27. The lowest BCUT2D eigenvalue weighted by atomic mass is 10.1. The van der Waals surface area contributed by atoms with Gasteiger partial charge < -0.3 is 5.32 Å². The number of carbonyl (C=O) groups is 1.